The molecule has 4 radical (unpaired) electrons. The van der Waals surface area contributed by atoms with Crippen molar-refractivity contribution in [3.63, 3.8) is 0 Å². The molecular formula is C88H72Ir4N8O4-4. The Hall–Kier alpha value is -9.94. The van der Waals surface area contributed by atoms with Crippen molar-refractivity contribution in [2.24, 2.45) is 0 Å². The molecule has 0 saturated carbocycles. The number of aliphatic hydroxyl groups excluding tert-OH is 2. The third kappa shape index (κ3) is 15.8. The molecule has 0 amide bonds. The summed E-state index contributed by atoms with van der Waals surface area (Å²) in [5.41, 5.74) is 11.8. The molecule has 0 aliphatic rings. The number of para-hydroxylation sites is 2. The predicted octanol–water partition coefficient (Wildman–Crippen LogP) is 21.0. The van der Waals surface area contributed by atoms with Gasteiger partial charge < -0.3 is 27.8 Å². The van der Waals surface area contributed by atoms with Gasteiger partial charge in [0.05, 0.1) is 66.1 Å². The van der Waals surface area contributed by atoms with Crippen LogP contribution in [-0.2, 0) is 90.0 Å². The van der Waals surface area contributed by atoms with Gasteiger partial charge in [0.25, 0.3) is 0 Å². The summed E-state index contributed by atoms with van der Waals surface area (Å²) in [5.74, 6) is -6.38. The quantitative estimate of drug-likeness (QED) is 0.0767. The third-order valence-corrected chi connectivity index (χ3v) is 16.0. The van der Waals surface area contributed by atoms with E-state index in [1.54, 1.807) is 24.4 Å². The van der Waals surface area contributed by atoms with Crippen molar-refractivity contribution in [1.29, 1.82) is 0 Å². The van der Waals surface area contributed by atoms with Gasteiger partial charge in [-0.05, 0) is 140 Å². The summed E-state index contributed by atoms with van der Waals surface area (Å²) in [5, 5.41) is 25.1. The number of hydrogen-bond acceptors (Lipinski definition) is 8. The fourth-order valence-corrected chi connectivity index (χ4v) is 12.0. The molecule has 0 aliphatic heterocycles. The molecule has 18 aromatic rings. The Morgan fingerprint density at radius 3 is 1.72 bits per heavy atom. The van der Waals surface area contributed by atoms with Gasteiger partial charge in [-0.25, -0.2) is 0 Å². The van der Waals surface area contributed by atoms with Crippen LogP contribution >= 0.6 is 0 Å². The normalized spacial score (nSPS) is 16.3. The Morgan fingerprint density at radius 2 is 1.04 bits per heavy atom. The van der Waals surface area contributed by atoms with Crippen molar-refractivity contribution in [3.8, 4) is 22.5 Å². The molecule has 0 unspecified atom stereocenters. The minimum atomic E-state index is -3.11. The van der Waals surface area contributed by atoms with E-state index in [1.165, 1.54) is 60.5 Å². The molecule has 10 aromatic carbocycles. The summed E-state index contributed by atoms with van der Waals surface area (Å²) in [4.78, 5) is 39.2. The van der Waals surface area contributed by atoms with Crippen LogP contribution in [0.15, 0.2) is 254 Å². The smallest absolute Gasteiger partial charge is 0.155 e. The number of carbonyl (C=O) groups is 2. The number of aryl methyl sites for hydroxylation is 3. The van der Waals surface area contributed by atoms with Crippen LogP contribution in [0, 0.1) is 65.8 Å². The zero-order valence-electron chi connectivity index (χ0n) is 88.1. The van der Waals surface area contributed by atoms with E-state index in [4.69, 9.17) is 60.4 Å². The van der Waals surface area contributed by atoms with Crippen LogP contribution in [0.4, 0.5) is 0 Å². The number of rotatable bonds is 4. The predicted molar refractivity (Wildman–Crippen MR) is 410 cm³/mol. The molecule has 16 heteroatoms. The molecule has 12 nitrogen and oxygen atoms in total. The summed E-state index contributed by atoms with van der Waals surface area (Å²) in [6.07, 6.45) is 4.88. The van der Waals surface area contributed by atoms with E-state index in [9.17, 15) is 9.59 Å². The average molecular weight is 2110 g/mol. The number of aliphatic hydroxyl groups is 2. The van der Waals surface area contributed by atoms with Gasteiger partial charge in [-0.2, -0.15) is 0 Å². The van der Waals surface area contributed by atoms with E-state index < -0.39 is 74.7 Å². The maximum absolute atomic E-state index is 10.8. The zero-order valence-corrected chi connectivity index (χ0v) is 64.7. The van der Waals surface area contributed by atoms with Crippen molar-refractivity contribution < 1.29 is 145 Å². The van der Waals surface area contributed by atoms with Gasteiger partial charge >= 0.3 is 0 Å². The first-order valence-corrected chi connectivity index (χ1v) is 30.4. The fourth-order valence-electron chi connectivity index (χ4n) is 12.0. The standard InChI is InChI=1S/2C24H19N2.2C15H9N2.2C5H8O2.4Ir/c2*1-15-11-12-21-20(13-15)18-9-4-5-10-19(18)24-25-14-22(26(21)24)23-16(2)7-6-8-17(23)3;2*1-2-7-13-11(5-1)12-6-3-4-8-14(12)17-10-9-16-15(13)17;2*1-4(6)3-5(2)7;;;;/h2*4-9,11-14H,1-3H3;2*1-6,8-10H;2*3,6H,1-2H3;;;;/q4*-1;;;;;;/i4D,5D,6D,7D,8D,9D,11D,12D,13D,14D;;1D,2D,3D,4D,5D,6D,8D;9D,10D;2*1D3,2D3,3D;;;;. The van der Waals surface area contributed by atoms with Gasteiger partial charge in [-0.1, -0.05) is 130 Å². The second-order valence-electron chi connectivity index (χ2n) is 22.4. The molecule has 0 spiro atoms. The first-order chi connectivity index (χ1) is 62.0. The molecule has 18 rings (SSSR count). The number of pyridine rings is 4. The number of hydrogen-bond donors (Lipinski definition) is 2. The van der Waals surface area contributed by atoms with E-state index in [0.717, 1.165) is 38.4 Å². The Morgan fingerprint density at radius 1 is 0.462 bits per heavy atom. The van der Waals surface area contributed by atoms with Crippen LogP contribution in [0.1, 0.15) is 106 Å². The van der Waals surface area contributed by atoms with Gasteiger partial charge in [0.1, 0.15) is 0 Å². The van der Waals surface area contributed by atoms with E-state index in [2.05, 4.69) is 113 Å². The summed E-state index contributed by atoms with van der Waals surface area (Å²) < 4.78 is 256. The number of fused-ring (bicyclic) bond motifs is 24. The summed E-state index contributed by atoms with van der Waals surface area (Å²) in [6, 6.07) is 37.8. The molecule has 8 heterocycles. The first kappa shape index (κ1) is 44.7. The van der Waals surface area contributed by atoms with Crippen LogP contribution in [0.25, 0.3) is 132 Å². The third-order valence-electron chi connectivity index (χ3n) is 16.0. The first-order valence-electron chi connectivity index (χ1n) is 46.9. The second-order valence-corrected chi connectivity index (χ2v) is 22.4. The summed E-state index contributed by atoms with van der Waals surface area (Å²) in [6.45, 7) is -1.11. The number of ketones is 2. The zero-order chi connectivity index (χ0) is 98.2. The molecule has 0 atom stereocenters. The Labute approximate surface area is 703 Å². The van der Waals surface area contributed by atoms with Gasteiger partial charge in [0, 0.05) is 185 Å². The van der Waals surface area contributed by atoms with Crippen molar-refractivity contribution in [2.75, 3.05) is 0 Å². The van der Waals surface area contributed by atoms with Crippen LogP contribution in [0.5, 0.6) is 0 Å². The van der Waals surface area contributed by atoms with Crippen molar-refractivity contribution >= 4 is 121 Å². The Bertz CT molecular complexity index is 7980. The van der Waals surface area contributed by atoms with E-state index in [-0.39, 0.29) is 238 Å². The van der Waals surface area contributed by atoms with E-state index in [1.807, 2.05) is 54.7 Å². The van der Waals surface area contributed by atoms with Gasteiger partial charge in [0.2, 0.25) is 0 Å². The Balaban J connectivity index is 0.000000189. The van der Waals surface area contributed by atoms with Crippen LogP contribution in [0.3, 0.4) is 0 Å². The van der Waals surface area contributed by atoms with Crippen molar-refractivity contribution in [1.82, 2.24) is 37.5 Å². The van der Waals surface area contributed by atoms with E-state index >= 15 is 0 Å². The second kappa shape index (κ2) is 34.1. The van der Waals surface area contributed by atoms with Crippen LogP contribution in [-0.4, -0.2) is 59.3 Å². The molecule has 0 fully saturated rings. The number of benzene rings is 10. The van der Waals surface area contributed by atoms with Crippen LogP contribution < -0.4 is 0 Å². The number of aromatic nitrogens is 8. The molecule has 0 saturated heterocycles. The minimum Gasteiger partial charge on any atom is -0.512 e. The monoisotopic (exact) mass is 2110 g/mol. The largest absolute Gasteiger partial charge is 0.512 e. The number of nitrogens with zero attached hydrogens (tertiary/aromatic N) is 8. The maximum atomic E-state index is 10.8. The average Bonchev–Trinajstić information content (AvgIpc) is 1.42. The molecule has 2 N–H and O–H groups in total. The van der Waals surface area contributed by atoms with Crippen molar-refractivity contribution in [3.05, 3.63) is 312 Å². The van der Waals surface area contributed by atoms with Crippen LogP contribution in [0.2, 0.25) is 0 Å². The SMILES string of the molecule is Cc1ccc2c(c1)c1ccc[c-]c1c1ncc(-c3c(C)cccc3C)n21.[2H]C(C(=O)C([2H])([2H])[2H])=C(O)C([2H])([2H])[2H].[2H]C(C(=O)C([2H])([2H])[2H])=C(O)C([2H])([2H])[2H].[2H]c1[c-]c2c(c([2H])c1[2H])c1c([2H])c(C)c([2H])c([2H])c1n1c(-c3c(C)c([2H])c([2H])c([2H])c3C)c([2H])nc21.[2H]c1[c-]c2c(c([2H])c1[2H])c1c([2H])c([2H])c([2H])c([2H])c1n1ccnc21.[2H]c1nc2c3[c-]cccc3c3ccccc3n2c1[2H].[Ir].[Ir].[Ir].[Ir]. The molecular weight excluding hydrogens is 2000 g/mol. The Kier molecular flexibility index (Phi) is 14.6. The van der Waals surface area contributed by atoms with Gasteiger partial charge in [0.15, 0.2) is 11.6 Å². The van der Waals surface area contributed by atoms with Gasteiger partial charge in [-0.15, -0.1) is 118 Å². The number of carbonyl (C=O) groups excluding carboxylic acids is 2. The number of allylic oxidation sites excluding steroid dienone is 4. The summed E-state index contributed by atoms with van der Waals surface area (Å²) in [7, 11) is 0. The van der Waals surface area contributed by atoms with Gasteiger partial charge in [-0.3, -0.25) is 29.5 Å². The molecule has 104 heavy (non-hydrogen) atoms. The summed E-state index contributed by atoms with van der Waals surface area (Å²) >= 11 is 0. The molecule has 528 valence electrons. The topological polar surface area (TPSA) is 144 Å². The van der Waals surface area contributed by atoms with Crippen molar-refractivity contribution in [2.45, 2.75) is 68.9 Å². The molecule has 0 bridgehead atoms. The maximum Gasteiger partial charge on any atom is 0.155 e. The fraction of sp³-hybridized carbons (Fsp3) is 0.114. The molecule has 8 aromatic heterocycles. The van der Waals surface area contributed by atoms with E-state index in [0.29, 0.717) is 33.4 Å². The minimum absolute atomic E-state index is 0. The molecule has 0 aliphatic carbocycles. The number of imidazole rings is 4.